The number of hydrazone groups is 1. The van der Waals surface area contributed by atoms with E-state index in [1.165, 1.54) is 24.4 Å². The Labute approximate surface area is 160 Å². The van der Waals surface area contributed by atoms with Crippen LogP contribution in [0, 0.1) is 6.92 Å². The highest BCUT2D eigenvalue weighted by Crippen LogP contribution is 2.30. The minimum atomic E-state index is -2.69. The first-order chi connectivity index (χ1) is 12.8. The molecule has 144 valence electrons. The van der Waals surface area contributed by atoms with Crippen LogP contribution in [0.5, 0.6) is 6.01 Å². The summed E-state index contributed by atoms with van der Waals surface area (Å²) >= 11 is 5.73. The minimum Gasteiger partial charge on any atom is -0.457 e. The van der Waals surface area contributed by atoms with Gasteiger partial charge in [-0.05, 0) is 25.1 Å². The summed E-state index contributed by atoms with van der Waals surface area (Å²) in [6, 6.07) is 4.22. The fraction of sp³-hybridized carbons (Fsp3) is 0.294. The molecule has 0 aliphatic carbocycles. The van der Waals surface area contributed by atoms with Crippen molar-refractivity contribution in [1.82, 2.24) is 9.97 Å². The fourth-order valence-corrected chi connectivity index (χ4v) is 2.31. The minimum absolute atomic E-state index is 0.0202. The van der Waals surface area contributed by atoms with Crippen molar-refractivity contribution in [1.29, 1.82) is 0 Å². The van der Waals surface area contributed by atoms with Crippen molar-refractivity contribution in [3.8, 4) is 6.01 Å². The highest BCUT2D eigenvalue weighted by atomic mass is 35.5. The monoisotopic (exact) mass is 396 g/mol. The average Bonchev–Trinajstić information content (AvgIpc) is 2.63. The second kappa shape index (κ2) is 9.22. The van der Waals surface area contributed by atoms with Gasteiger partial charge in [-0.25, -0.2) is 13.8 Å². The molecule has 0 atom stereocenters. The summed E-state index contributed by atoms with van der Waals surface area (Å²) in [5.74, 6) is 6.05. The molecule has 0 amide bonds. The van der Waals surface area contributed by atoms with E-state index in [4.69, 9.17) is 22.2 Å². The molecule has 2 rings (SSSR count). The maximum atomic E-state index is 12.9. The van der Waals surface area contributed by atoms with E-state index in [9.17, 15) is 8.78 Å². The van der Waals surface area contributed by atoms with Gasteiger partial charge in [-0.2, -0.15) is 10.1 Å². The Hall–Kier alpha value is -2.81. The molecule has 27 heavy (non-hydrogen) atoms. The summed E-state index contributed by atoms with van der Waals surface area (Å²) in [5.41, 5.74) is 1.17. The van der Waals surface area contributed by atoms with E-state index in [0.717, 1.165) is 11.4 Å². The highest BCUT2D eigenvalue weighted by molar-refractivity contribution is 6.32. The Bertz CT molecular complexity index is 857. The molecule has 2 N–H and O–H groups in total. The Balaban J connectivity index is 2.07. The first kappa shape index (κ1) is 20.5. The molecule has 10 heteroatoms. The summed E-state index contributed by atoms with van der Waals surface area (Å²) in [7, 11) is 3.72. The second-order valence-electron chi connectivity index (χ2n) is 5.73. The zero-order chi connectivity index (χ0) is 20.0. The number of aryl methyl sites for hydroxylation is 1. The number of hydrogen-bond acceptors (Lipinski definition) is 7. The molecule has 1 aromatic heterocycles. The third-order valence-electron chi connectivity index (χ3n) is 3.44. The van der Waals surface area contributed by atoms with Gasteiger partial charge in [-0.3, -0.25) is 4.99 Å². The lowest BCUT2D eigenvalue weighted by Crippen LogP contribution is -2.18. The summed E-state index contributed by atoms with van der Waals surface area (Å²) in [4.78, 5) is 14.3. The maximum absolute atomic E-state index is 12.9. The molecule has 0 saturated carbocycles. The predicted molar refractivity (Wildman–Crippen MR) is 103 cm³/mol. The van der Waals surface area contributed by atoms with E-state index in [1.807, 2.05) is 25.9 Å². The molecule has 2 aromatic rings. The van der Waals surface area contributed by atoms with Gasteiger partial charge in [0, 0.05) is 36.4 Å². The van der Waals surface area contributed by atoms with Gasteiger partial charge >= 0.3 is 6.01 Å². The lowest BCUT2D eigenvalue weighted by atomic mass is 10.2. The van der Waals surface area contributed by atoms with E-state index < -0.39 is 6.43 Å². The molecule has 1 aromatic carbocycles. The van der Waals surface area contributed by atoms with Gasteiger partial charge in [0.25, 0.3) is 6.43 Å². The molecule has 0 aliphatic heterocycles. The molecular weight excluding hydrogens is 378 g/mol. The number of ether oxygens (including phenoxy) is 1. The number of aliphatic imine (C=N–C) groups is 1. The maximum Gasteiger partial charge on any atom is 0.318 e. The smallest absolute Gasteiger partial charge is 0.318 e. The van der Waals surface area contributed by atoms with E-state index in [1.54, 1.807) is 6.20 Å². The number of aromatic nitrogens is 2. The van der Waals surface area contributed by atoms with Crippen molar-refractivity contribution in [2.75, 3.05) is 25.6 Å². The third-order valence-corrected chi connectivity index (χ3v) is 3.78. The van der Waals surface area contributed by atoms with Gasteiger partial charge in [0.05, 0.1) is 11.9 Å². The number of halogens is 3. The molecular formula is C17H19ClF2N6O. The van der Waals surface area contributed by atoms with Crippen LogP contribution in [0.4, 0.5) is 20.3 Å². The van der Waals surface area contributed by atoms with Gasteiger partial charge in [0.15, 0.2) is 0 Å². The molecule has 7 nitrogen and oxygen atoms in total. The largest absolute Gasteiger partial charge is 0.457 e. The zero-order valence-electron chi connectivity index (χ0n) is 15.0. The summed E-state index contributed by atoms with van der Waals surface area (Å²) in [6.45, 7) is 1.85. The molecule has 0 unspecified atom stereocenters. The molecule has 0 bridgehead atoms. The zero-order valence-corrected chi connectivity index (χ0v) is 15.8. The Kier molecular flexibility index (Phi) is 7.00. The van der Waals surface area contributed by atoms with Crippen molar-refractivity contribution >= 4 is 35.0 Å². The van der Waals surface area contributed by atoms with Crippen LogP contribution in [-0.4, -0.2) is 42.6 Å². The van der Waals surface area contributed by atoms with E-state index >= 15 is 0 Å². The summed E-state index contributed by atoms with van der Waals surface area (Å²) in [5, 5.41) is 3.55. The number of alkyl halides is 2. The standard InChI is InChI=1S/C17H19ClF2N6O/c1-10-7-23-17(24-16(10)26(2)3)27-9-12(25-21)8-22-11-4-5-14(18)13(6-11)15(19)20/h4-8,15H,9,21H2,1-3H3. The molecule has 0 spiro atoms. The van der Waals surface area contributed by atoms with E-state index in [0.29, 0.717) is 0 Å². The molecule has 1 heterocycles. The van der Waals surface area contributed by atoms with E-state index in [-0.39, 0.29) is 34.6 Å². The van der Waals surface area contributed by atoms with Crippen LogP contribution in [0.1, 0.15) is 17.6 Å². The molecule has 0 radical (unpaired) electrons. The SMILES string of the molecule is Cc1cnc(OCC(C=Nc2ccc(Cl)c(C(F)F)c2)=NN)nc1N(C)C. The number of benzene rings is 1. The van der Waals surface area contributed by atoms with Crippen molar-refractivity contribution < 1.29 is 13.5 Å². The third kappa shape index (κ3) is 5.58. The first-order valence-electron chi connectivity index (χ1n) is 7.84. The highest BCUT2D eigenvalue weighted by Gasteiger charge is 2.12. The van der Waals surface area contributed by atoms with Crippen LogP contribution >= 0.6 is 11.6 Å². The second-order valence-corrected chi connectivity index (χ2v) is 6.13. The van der Waals surface area contributed by atoms with Crippen molar-refractivity contribution in [3.05, 3.63) is 40.5 Å². The number of anilines is 1. The summed E-state index contributed by atoms with van der Waals surface area (Å²) in [6.07, 6.45) is 0.271. The Morgan fingerprint density at radius 2 is 2.15 bits per heavy atom. The van der Waals surface area contributed by atoms with Crippen molar-refractivity contribution in [2.45, 2.75) is 13.3 Å². The van der Waals surface area contributed by atoms with Crippen LogP contribution in [-0.2, 0) is 0 Å². The predicted octanol–water partition coefficient (Wildman–Crippen LogP) is 3.54. The number of nitrogens with zero attached hydrogens (tertiary/aromatic N) is 5. The summed E-state index contributed by atoms with van der Waals surface area (Å²) < 4.78 is 31.2. The van der Waals surface area contributed by atoms with Crippen molar-refractivity contribution in [2.24, 2.45) is 15.9 Å². The average molecular weight is 397 g/mol. The van der Waals surface area contributed by atoms with Gasteiger partial charge in [-0.15, -0.1) is 0 Å². The number of hydrogen-bond donors (Lipinski definition) is 1. The van der Waals surface area contributed by atoms with Gasteiger partial charge in [0.2, 0.25) is 0 Å². The van der Waals surface area contributed by atoms with E-state index in [2.05, 4.69) is 20.1 Å². The number of rotatable bonds is 7. The van der Waals surface area contributed by atoms with Crippen LogP contribution in [0.15, 0.2) is 34.5 Å². The molecule has 0 aliphatic rings. The van der Waals surface area contributed by atoms with Crippen LogP contribution < -0.4 is 15.5 Å². The molecule has 0 saturated heterocycles. The number of nitrogens with two attached hydrogens (primary N) is 1. The molecule has 0 fully saturated rings. The van der Waals surface area contributed by atoms with Crippen LogP contribution in [0.25, 0.3) is 0 Å². The van der Waals surface area contributed by atoms with Crippen LogP contribution in [0.2, 0.25) is 5.02 Å². The Morgan fingerprint density at radius 1 is 1.41 bits per heavy atom. The topological polar surface area (TPSA) is 89.0 Å². The lowest BCUT2D eigenvalue weighted by molar-refractivity contribution is 0.151. The quantitative estimate of drug-likeness (QED) is 0.439. The first-order valence-corrected chi connectivity index (χ1v) is 8.21. The normalized spacial score (nSPS) is 12.0. The Morgan fingerprint density at radius 3 is 2.78 bits per heavy atom. The lowest BCUT2D eigenvalue weighted by Gasteiger charge is -2.14. The van der Waals surface area contributed by atoms with Gasteiger partial charge in [-0.1, -0.05) is 11.6 Å². The fourth-order valence-electron chi connectivity index (χ4n) is 2.11. The van der Waals surface area contributed by atoms with Gasteiger partial charge < -0.3 is 15.5 Å². The van der Waals surface area contributed by atoms with Gasteiger partial charge in [0.1, 0.15) is 18.1 Å². The van der Waals surface area contributed by atoms with Crippen LogP contribution in [0.3, 0.4) is 0 Å². The van der Waals surface area contributed by atoms with Crippen molar-refractivity contribution in [3.63, 3.8) is 0 Å².